The van der Waals surface area contributed by atoms with Gasteiger partial charge < -0.3 is 10.6 Å². The highest BCUT2D eigenvalue weighted by molar-refractivity contribution is 9.10. The Kier molecular flexibility index (Phi) is 6.04. The predicted molar refractivity (Wildman–Crippen MR) is 112 cm³/mol. The van der Waals surface area contributed by atoms with Gasteiger partial charge in [0.05, 0.1) is 18.0 Å². The van der Waals surface area contributed by atoms with Crippen molar-refractivity contribution in [1.82, 2.24) is 5.32 Å². The number of hydrogen-bond acceptors (Lipinski definition) is 4. The standard InChI is InChI=1S/C19H20BrN3O4S/c1-13-10-15(20)6-7-17(13)22-18(24)12-21-19(25)14-4-2-5-16(11-14)23-8-3-9-28(23,26)27/h2,4-7,10-11H,3,8-9,12H2,1H3,(H,21,25)(H,22,24). The number of sulfonamides is 1. The Labute approximate surface area is 172 Å². The molecule has 0 aliphatic carbocycles. The third-order valence-corrected chi connectivity index (χ3v) is 6.73. The zero-order valence-corrected chi connectivity index (χ0v) is 17.6. The molecule has 0 radical (unpaired) electrons. The van der Waals surface area contributed by atoms with E-state index in [1.807, 2.05) is 19.1 Å². The lowest BCUT2D eigenvalue weighted by atomic mass is 10.2. The molecule has 28 heavy (non-hydrogen) atoms. The molecule has 1 fully saturated rings. The molecule has 2 aromatic carbocycles. The highest BCUT2D eigenvalue weighted by atomic mass is 79.9. The molecular formula is C19H20BrN3O4S. The van der Waals surface area contributed by atoms with Crippen molar-refractivity contribution < 1.29 is 18.0 Å². The fraction of sp³-hybridized carbons (Fsp3) is 0.263. The first-order chi connectivity index (χ1) is 13.3. The molecule has 0 bridgehead atoms. The number of carbonyl (C=O) groups is 2. The fourth-order valence-electron chi connectivity index (χ4n) is 2.96. The van der Waals surface area contributed by atoms with E-state index in [1.165, 1.54) is 10.4 Å². The van der Waals surface area contributed by atoms with E-state index in [4.69, 9.17) is 0 Å². The molecule has 148 valence electrons. The maximum absolute atomic E-state index is 12.4. The van der Waals surface area contributed by atoms with Crippen LogP contribution in [0.5, 0.6) is 0 Å². The SMILES string of the molecule is Cc1cc(Br)ccc1NC(=O)CNC(=O)c1cccc(N2CCCS2(=O)=O)c1. The van der Waals surface area contributed by atoms with Crippen LogP contribution in [0, 0.1) is 6.92 Å². The normalized spacial score (nSPS) is 15.3. The highest BCUT2D eigenvalue weighted by Gasteiger charge is 2.28. The van der Waals surface area contributed by atoms with Gasteiger partial charge in [0.25, 0.3) is 5.91 Å². The Morgan fingerprint density at radius 2 is 1.96 bits per heavy atom. The van der Waals surface area contributed by atoms with Gasteiger partial charge in [-0.1, -0.05) is 22.0 Å². The summed E-state index contributed by atoms with van der Waals surface area (Å²) in [6.45, 7) is 2.08. The zero-order valence-electron chi connectivity index (χ0n) is 15.2. The van der Waals surface area contributed by atoms with Gasteiger partial charge in [0, 0.05) is 22.3 Å². The van der Waals surface area contributed by atoms with E-state index in [0.717, 1.165) is 10.0 Å². The summed E-state index contributed by atoms with van der Waals surface area (Å²) in [6, 6.07) is 11.9. The summed E-state index contributed by atoms with van der Waals surface area (Å²) in [5, 5.41) is 5.31. The molecule has 0 atom stereocenters. The summed E-state index contributed by atoms with van der Waals surface area (Å²) >= 11 is 3.36. The minimum atomic E-state index is -3.32. The van der Waals surface area contributed by atoms with Crippen LogP contribution in [0.15, 0.2) is 46.9 Å². The van der Waals surface area contributed by atoms with E-state index in [-0.39, 0.29) is 18.2 Å². The van der Waals surface area contributed by atoms with E-state index in [0.29, 0.717) is 29.9 Å². The number of benzene rings is 2. The summed E-state index contributed by atoms with van der Waals surface area (Å²) in [7, 11) is -3.32. The van der Waals surface area contributed by atoms with Crippen molar-refractivity contribution in [2.24, 2.45) is 0 Å². The molecule has 1 aliphatic rings. The number of nitrogens with one attached hydrogen (secondary N) is 2. The average molecular weight is 466 g/mol. The molecule has 1 aliphatic heterocycles. The van der Waals surface area contributed by atoms with Gasteiger partial charge in [-0.25, -0.2) is 8.42 Å². The molecule has 0 spiro atoms. The van der Waals surface area contributed by atoms with Gasteiger partial charge in [0.2, 0.25) is 15.9 Å². The molecule has 0 unspecified atom stereocenters. The quantitative estimate of drug-likeness (QED) is 0.709. The second-order valence-electron chi connectivity index (χ2n) is 6.48. The van der Waals surface area contributed by atoms with Gasteiger partial charge in [0.1, 0.15) is 0 Å². The van der Waals surface area contributed by atoms with Crippen molar-refractivity contribution in [3.63, 3.8) is 0 Å². The number of carbonyl (C=O) groups excluding carboxylic acids is 2. The van der Waals surface area contributed by atoms with Crippen molar-refractivity contribution in [2.75, 3.05) is 28.5 Å². The third-order valence-electron chi connectivity index (χ3n) is 4.37. The number of rotatable bonds is 5. The van der Waals surface area contributed by atoms with Crippen LogP contribution in [0.4, 0.5) is 11.4 Å². The maximum atomic E-state index is 12.4. The number of amides is 2. The first-order valence-electron chi connectivity index (χ1n) is 8.71. The van der Waals surface area contributed by atoms with Crippen LogP contribution >= 0.6 is 15.9 Å². The van der Waals surface area contributed by atoms with Gasteiger partial charge >= 0.3 is 0 Å². The zero-order chi connectivity index (χ0) is 20.3. The van der Waals surface area contributed by atoms with E-state index in [1.54, 1.807) is 24.3 Å². The molecule has 7 nitrogen and oxygen atoms in total. The molecule has 1 saturated heterocycles. The van der Waals surface area contributed by atoms with Crippen LogP contribution in [-0.2, 0) is 14.8 Å². The monoisotopic (exact) mass is 465 g/mol. The molecule has 2 aromatic rings. The van der Waals surface area contributed by atoms with Crippen LogP contribution in [0.3, 0.4) is 0 Å². The topological polar surface area (TPSA) is 95.6 Å². The highest BCUT2D eigenvalue weighted by Crippen LogP contribution is 2.24. The minimum Gasteiger partial charge on any atom is -0.343 e. The van der Waals surface area contributed by atoms with Gasteiger partial charge in [-0.2, -0.15) is 0 Å². The minimum absolute atomic E-state index is 0.110. The molecule has 1 heterocycles. The van der Waals surface area contributed by atoms with Crippen molar-refractivity contribution in [2.45, 2.75) is 13.3 Å². The molecule has 2 amide bonds. The number of anilines is 2. The summed E-state index contributed by atoms with van der Waals surface area (Å²) in [5.74, 6) is -0.683. The first kappa shape index (κ1) is 20.3. The Hall–Kier alpha value is -2.39. The number of aryl methyl sites for hydroxylation is 1. The van der Waals surface area contributed by atoms with Crippen molar-refractivity contribution in [3.8, 4) is 0 Å². The summed E-state index contributed by atoms with van der Waals surface area (Å²) in [4.78, 5) is 24.5. The molecule has 9 heteroatoms. The average Bonchev–Trinajstić information content (AvgIpc) is 3.01. The van der Waals surface area contributed by atoms with Crippen LogP contribution in [0.25, 0.3) is 0 Å². The summed E-state index contributed by atoms with van der Waals surface area (Å²) in [5.41, 5.74) is 2.32. The molecule has 2 N–H and O–H groups in total. The number of nitrogens with zero attached hydrogens (tertiary/aromatic N) is 1. The van der Waals surface area contributed by atoms with Crippen molar-refractivity contribution in [1.29, 1.82) is 0 Å². The Morgan fingerprint density at radius 3 is 2.64 bits per heavy atom. The summed E-state index contributed by atoms with van der Waals surface area (Å²) in [6.07, 6.45) is 0.564. The van der Waals surface area contributed by atoms with Gasteiger partial charge in [0.15, 0.2) is 0 Å². The van der Waals surface area contributed by atoms with Gasteiger partial charge in [-0.15, -0.1) is 0 Å². The van der Waals surface area contributed by atoms with E-state index in [2.05, 4.69) is 26.6 Å². The smallest absolute Gasteiger partial charge is 0.251 e. The van der Waals surface area contributed by atoms with Crippen LogP contribution < -0.4 is 14.9 Å². The fourth-order valence-corrected chi connectivity index (χ4v) is 4.99. The van der Waals surface area contributed by atoms with E-state index < -0.39 is 15.9 Å². The van der Waals surface area contributed by atoms with Crippen LogP contribution in [0.2, 0.25) is 0 Å². The van der Waals surface area contributed by atoms with Crippen LogP contribution in [-0.4, -0.2) is 39.1 Å². The largest absolute Gasteiger partial charge is 0.343 e. The molecule has 0 saturated carbocycles. The molecule has 3 rings (SSSR count). The Bertz CT molecular complexity index is 1020. The predicted octanol–water partition coefficient (Wildman–Crippen LogP) is 2.67. The van der Waals surface area contributed by atoms with Crippen molar-refractivity contribution in [3.05, 3.63) is 58.1 Å². The lowest BCUT2D eigenvalue weighted by molar-refractivity contribution is -0.115. The van der Waals surface area contributed by atoms with Gasteiger partial charge in [-0.05, 0) is 55.3 Å². The molecule has 0 aromatic heterocycles. The first-order valence-corrected chi connectivity index (χ1v) is 11.1. The summed E-state index contributed by atoms with van der Waals surface area (Å²) < 4.78 is 26.3. The lowest BCUT2D eigenvalue weighted by Crippen LogP contribution is -2.33. The Morgan fingerprint density at radius 1 is 1.18 bits per heavy atom. The van der Waals surface area contributed by atoms with E-state index in [9.17, 15) is 18.0 Å². The third kappa shape index (κ3) is 4.71. The second kappa shape index (κ2) is 8.32. The van der Waals surface area contributed by atoms with Crippen LogP contribution in [0.1, 0.15) is 22.3 Å². The van der Waals surface area contributed by atoms with Crippen molar-refractivity contribution >= 4 is 49.1 Å². The second-order valence-corrected chi connectivity index (χ2v) is 9.41. The maximum Gasteiger partial charge on any atom is 0.251 e. The Balaban J connectivity index is 1.62. The lowest BCUT2D eigenvalue weighted by Gasteiger charge is -2.17. The van der Waals surface area contributed by atoms with Gasteiger partial charge in [-0.3, -0.25) is 13.9 Å². The van der Waals surface area contributed by atoms with E-state index >= 15 is 0 Å². The number of hydrogen-bond donors (Lipinski definition) is 2. The molecular weight excluding hydrogens is 446 g/mol. The number of halogens is 1.